The number of rotatable bonds is 7. The van der Waals surface area contributed by atoms with Gasteiger partial charge in [-0.25, -0.2) is 0 Å². The van der Waals surface area contributed by atoms with Crippen molar-refractivity contribution in [2.45, 2.75) is 25.7 Å². The van der Waals surface area contributed by atoms with E-state index in [4.69, 9.17) is 0 Å². The van der Waals surface area contributed by atoms with E-state index in [9.17, 15) is 0 Å². The van der Waals surface area contributed by atoms with Crippen LogP contribution in [0.1, 0.15) is 30.5 Å². The van der Waals surface area contributed by atoms with Gasteiger partial charge in [-0.15, -0.1) is 5.10 Å². The molecule has 0 saturated heterocycles. The lowest BCUT2D eigenvalue weighted by atomic mass is 9.94. The van der Waals surface area contributed by atoms with Gasteiger partial charge < -0.3 is 5.32 Å². The Morgan fingerprint density at radius 2 is 2.05 bits per heavy atom. The molecule has 0 aliphatic carbocycles. The second-order valence-electron chi connectivity index (χ2n) is 4.97. The molecule has 1 aromatic heterocycles. The summed E-state index contributed by atoms with van der Waals surface area (Å²) in [7, 11) is 1.94. The number of halogens is 1. The molecule has 0 spiro atoms. The Kier molecular flexibility index (Phi) is 5.73. The predicted molar refractivity (Wildman–Crippen MR) is 84.8 cm³/mol. The summed E-state index contributed by atoms with van der Waals surface area (Å²) in [6, 6.07) is 10.6. The molecular weight excluding hydrogens is 316 g/mol. The maximum absolute atomic E-state index is 4.07. The molecule has 1 aromatic carbocycles. The maximum atomic E-state index is 4.07. The van der Waals surface area contributed by atoms with Gasteiger partial charge in [0.25, 0.3) is 0 Å². The van der Waals surface area contributed by atoms with Gasteiger partial charge in [-0.2, -0.15) is 0 Å². The lowest BCUT2D eigenvalue weighted by molar-refractivity contribution is 0.555. The van der Waals surface area contributed by atoms with Crippen molar-refractivity contribution in [1.82, 2.24) is 20.3 Å². The Balaban J connectivity index is 2.14. The van der Waals surface area contributed by atoms with E-state index in [0.29, 0.717) is 5.92 Å². The second-order valence-corrected chi connectivity index (χ2v) is 5.72. The molecule has 0 aliphatic heterocycles. The molecule has 1 unspecified atom stereocenters. The molecule has 1 N–H and O–H groups in total. The molecule has 0 aliphatic rings. The van der Waals surface area contributed by atoms with E-state index in [1.807, 2.05) is 11.7 Å². The summed E-state index contributed by atoms with van der Waals surface area (Å²) >= 11 is 3.49. The molecule has 0 amide bonds. The van der Waals surface area contributed by atoms with Crippen molar-refractivity contribution in [1.29, 1.82) is 0 Å². The van der Waals surface area contributed by atoms with Crippen molar-refractivity contribution in [3.63, 3.8) is 0 Å². The molecule has 4 nitrogen and oxygen atoms in total. The zero-order valence-corrected chi connectivity index (χ0v) is 13.6. The van der Waals surface area contributed by atoms with E-state index in [0.717, 1.165) is 36.2 Å². The first kappa shape index (κ1) is 15.2. The minimum absolute atomic E-state index is 0.427. The highest BCUT2D eigenvalue weighted by molar-refractivity contribution is 9.10. The maximum Gasteiger partial charge on any atom is 0.151 e. The quantitative estimate of drug-likeness (QED) is 0.790. The van der Waals surface area contributed by atoms with Crippen LogP contribution in [0.15, 0.2) is 34.9 Å². The molecule has 2 rings (SSSR count). The van der Waals surface area contributed by atoms with Crippen LogP contribution < -0.4 is 5.32 Å². The first-order valence-electron chi connectivity index (χ1n) is 7.02. The van der Waals surface area contributed by atoms with Crippen LogP contribution in [-0.2, 0) is 13.5 Å². The van der Waals surface area contributed by atoms with E-state index >= 15 is 0 Å². The van der Waals surface area contributed by atoms with Crippen molar-refractivity contribution >= 4 is 15.9 Å². The lowest BCUT2D eigenvalue weighted by Crippen LogP contribution is -2.24. The lowest BCUT2D eigenvalue weighted by Gasteiger charge is -2.18. The normalized spacial score (nSPS) is 12.6. The van der Waals surface area contributed by atoms with Crippen molar-refractivity contribution in [3.8, 4) is 0 Å². The fraction of sp³-hybridized carbons (Fsp3) is 0.467. The molecule has 1 atom stereocenters. The number of nitrogens with one attached hydrogen (secondary N) is 1. The van der Waals surface area contributed by atoms with Crippen molar-refractivity contribution in [3.05, 3.63) is 46.2 Å². The van der Waals surface area contributed by atoms with Crippen LogP contribution in [0.3, 0.4) is 0 Å². The number of aryl methyl sites for hydroxylation is 1. The highest BCUT2D eigenvalue weighted by Crippen LogP contribution is 2.23. The Morgan fingerprint density at radius 3 is 2.65 bits per heavy atom. The van der Waals surface area contributed by atoms with Crippen LogP contribution in [0.25, 0.3) is 0 Å². The Bertz CT molecular complexity index is 504. The van der Waals surface area contributed by atoms with Crippen molar-refractivity contribution < 1.29 is 0 Å². The first-order valence-corrected chi connectivity index (χ1v) is 7.81. The minimum Gasteiger partial charge on any atom is -0.316 e. The number of aromatic nitrogens is 3. The molecule has 108 valence electrons. The second kappa shape index (κ2) is 7.55. The van der Waals surface area contributed by atoms with Crippen molar-refractivity contribution in [2.75, 3.05) is 13.1 Å². The van der Waals surface area contributed by atoms with Gasteiger partial charge in [0.1, 0.15) is 0 Å². The smallest absolute Gasteiger partial charge is 0.151 e. The molecule has 0 saturated carbocycles. The van der Waals surface area contributed by atoms with E-state index in [2.05, 4.69) is 68.8 Å². The van der Waals surface area contributed by atoms with E-state index < -0.39 is 0 Å². The topological polar surface area (TPSA) is 42.7 Å². The third-order valence-electron chi connectivity index (χ3n) is 3.42. The summed E-state index contributed by atoms with van der Waals surface area (Å²) in [6.45, 7) is 4.20. The molecule has 0 bridgehead atoms. The molecule has 2 aromatic rings. The van der Waals surface area contributed by atoms with Crippen LogP contribution in [-0.4, -0.2) is 28.1 Å². The summed E-state index contributed by atoms with van der Waals surface area (Å²) in [5.41, 5.74) is 2.49. The number of nitrogens with zero attached hydrogens (tertiary/aromatic N) is 3. The van der Waals surface area contributed by atoms with Crippen LogP contribution in [0.2, 0.25) is 0 Å². The summed E-state index contributed by atoms with van der Waals surface area (Å²) in [6.07, 6.45) is 2.07. The van der Waals surface area contributed by atoms with Crippen LogP contribution in [0.5, 0.6) is 0 Å². The summed E-state index contributed by atoms with van der Waals surface area (Å²) in [5, 5.41) is 11.6. The van der Waals surface area contributed by atoms with Gasteiger partial charge >= 0.3 is 0 Å². The van der Waals surface area contributed by atoms with Crippen molar-refractivity contribution in [2.24, 2.45) is 7.05 Å². The molecule has 0 radical (unpaired) electrons. The highest BCUT2D eigenvalue weighted by atomic mass is 79.9. The number of hydrogen-bond donors (Lipinski definition) is 1. The minimum atomic E-state index is 0.427. The fourth-order valence-electron chi connectivity index (χ4n) is 2.29. The zero-order chi connectivity index (χ0) is 14.4. The standard InChI is InChI=1S/C15H21BrN4/c1-3-9-17-11-13(12-7-5-4-6-8-12)10-14-15(16)18-19-20(14)2/h4-8,13,17H,3,9-11H2,1-2H3. The van der Waals surface area contributed by atoms with E-state index in [-0.39, 0.29) is 0 Å². The van der Waals surface area contributed by atoms with Gasteiger partial charge in [0.05, 0.1) is 5.69 Å². The molecule has 5 heteroatoms. The summed E-state index contributed by atoms with van der Waals surface area (Å²) < 4.78 is 2.69. The number of benzene rings is 1. The monoisotopic (exact) mass is 336 g/mol. The third-order valence-corrected chi connectivity index (χ3v) is 4.04. The average molecular weight is 337 g/mol. The van der Waals surface area contributed by atoms with Crippen LogP contribution in [0, 0.1) is 0 Å². The largest absolute Gasteiger partial charge is 0.316 e. The summed E-state index contributed by atoms with van der Waals surface area (Å²) in [5.74, 6) is 0.427. The zero-order valence-electron chi connectivity index (χ0n) is 12.0. The molecular formula is C15H21BrN4. The Morgan fingerprint density at radius 1 is 1.30 bits per heavy atom. The molecule has 0 fully saturated rings. The molecule has 1 heterocycles. The first-order chi connectivity index (χ1) is 9.72. The van der Waals surface area contributed by atoms with Gasteiger partial charge in [-0.1, -0.05) is 42.5 Å². The third kappa shape index (κ3) is 3.90. The molecule has 20 heavy (non-hydrogen) atoms. The summed E-state index contributed by atoms with van der Waals surface area (Å²) in [4.78, 5) is 0. The van der Waals surface area contributed by atoms with Crippen LogP contribution >= 0.6 is 15.9 Å². The van der Waals surface area contributed by atoms with Gasteiger partial charge in [0.15, 0.2) is 4.60 Å². The SMILES string of the molecule is CCCNCC(Cc1c(Br)nnn1C)c1ccccc1. The van der Waals surface area contributed by atoms with Gasteiger partial charge in [0, 0.05) is 25.9 Å². The van der Waals surface area contributed by atoms with E-state index in [1.54, 1.807) is 0 Å². The van der Waals surface area contributed by atoms with Crippen LogP contribution in [0.4, 0.5) is 0 Å². The number of hydrogen-bond acceptors (Lipinski definition) is 3. The predicted octanol–water partition coefficient (Wildman–Crippen LogP) is 2.90. The van der Waals surface area contributed by atoms with E-state index in [1.165, 1.54) is 5.56 Å². The fourth-order valence-corrected chi connectivity index (χ4v) is 2.78. The Labute approximate surface area is 128 Å². The van der Waals surface area contributed by atoms with Gasteiger partial charge in [0.2, 0.25) is 0 Å². The Hall–Kier alpha value is -1.20. The average Bonchev–Trinajstić information content (AvgIpc) is 2.79. The van der Waals surface area contributed by atoms with Gasteiger partial charge in [-0.05, 0) is 34.5 Å². The van der Waals surface area contributed by atoms with Gasteiger partial charge in [-0.3, -0.25) is 4.68 Å². The highest BCUT2D eigenvalue weighted by Gasteiger charge is 2.17.